The molecule has 0 aliphatic carbocycles. The Morgan fingerprint density at radius 2 is 1.64 bits per heavy atom. The molecular weight excluding hydrogens is 179 g/mol. The fourth-order valence-electron chi connectivity index (χ4n) is 0. The first-order chi connectivity index (χ1) is 5.00. The number of hydrogen-bond acceptors (Lipinski definition) is 2. The van der Waals surface area contributed by atoms with E-state index in [1.54, 1.807) is 0 Å². The van der Waals surface area contributed by atoms with Crippen LogP contribution in [0.15, 0.2) is 0 Å². The Balaban J connectivity index is -0.0000000965. The molecular formula is C5H13NaO4S. The molecule has 0 spiro atoms. The van der Waals surface area contributed by atoms with Gasteiger partial charge in [0.1, 0.15) is 6.79 Å². The van der Waals surface area contributed by atoms with Crippen LogP contribution < -0.4 is 0 Å². The molecule has 64 valence electrons. The van der Waals surface area contributed by atoms with Crippen molar-refractivity contribution < 1.29 is 18.1 Å². The van der Waals surface area contributed by atoms with Gasteiger partial charge in [-0.15, -0.1) is 0 Å². The summed E-state index contributed by atoms with van der Waals surface area (Å²) in [7, 11) is 0. The van der Waals surface area contributed by atoms with Crippen molar-refractivity contribution in [3.05, 3.63) is 0 Å². The third kappa shape index (κ3) is 109. The molecule has 0 amide bonds. The van der Waals surface area contributed by atoms with Gasteiger partial charge in [-0.2, -0.15) is 4.21 Å². The first-order valence-electron chi connectivity index (χ1n) is 3.09. The zero-order valence-electron chi connectivity index (χ0n) is 7.11. The summed E-state index contributed by atoms with van der Waals surface area (Å²) < 4.78 is 23.9. The second-order valence-corrected chi connectivity index (χ2v) is 4.47. The van der Waals surface area contributed by atoms with Gasteiger partial charge < -0.3 is 4.79 Å². The minimum absolute atomic E-state index is 1.02. The first kappa shape index (κ1) is 17.7. The minimum Gasteiger partial charge on any atom is -0.284 e. The summed E-state index contributed by atoms with van der Waals surface area (Å²) in [6.45, 7) is 6.52. The molecule has 0 saturated carbocycles. The van der Waals surface area contributed by atoms with Crippen molar-refractivity contribution in [2.75, 3.05) is 0 Å². The second-order valence-electron chi connectivity index (χ2n) is 2.03. The molecule has 4 nitrogen and oxygen atoms in total. The van der Waals surface area contributed by atoms with Crippen LogP contribution in [0.3, 0.4) is 0 Å². The van der Waals surface area contributed by atoms with Gasteiger partial charge in [0.25, 0.3) is 11.4 Å². The van der Waals surface area contributed by atoms with Crippen LogP contribution in [0.4, 0.5) is 0 Å². The van der Waals surface area contributed by atoms with Gasteiger partial charge in [-0.05, 0) is 0 Å². The van der Waals surface area contributed by atoms with E-state index in [0.29, 0.717) is 0 Å². The maximum Gasteiger partial charge on any atom is 0.299 e. The predicted molar refractivity (Wildman–Crippen MR) is 46.0 cm³/mol. The second kappa shape index (κ2) is 17.0. The molecule has 2 N–H and O–H groups in total. The number of carbonyl (C=O) groups excluding carboxylic acids is 1. The third-order valence-corrected chi connectivity index (χ3v) is 1.63. The summed E-state index contributed by atoms with van der Waals surface area (Å²) in [6, 6.07) is 0. The molecule has 0 radical (unpaired) electrons. The van der Waals surface area contributed by atoms with Gasteiger partial charge in [-0.25, -0.2) is 0 Å². The molecule has 0 saturated heterocycles. The normalized spacial score (nSPS) is 10.5. The Bertz CT molecular complexity index is 84.6. The SMILES string of the molecule is C=O.CC[CH](C)[Na].O=S(O)O. The van der Waals surface area contributed by atoms with E-state index in [9.17, 15) is 0 Å². The van der Waals surface area contributed by atoms with Crippen LogP contribution in [-0.4, -0.2) is 48.0 Å². The van der Waals surface area contributed by atoms with Crippen LogP contribution in [0.1, 0.15) is 20.3 Å². The maximum absolute atomic E-state index is 8.67. The van der Waals surface area contributed by atoms with Crippen LogP contribution >= 0.6 is 0 Å². The Hall–Kier alpha value is 0.740. The van der Waals surface area contributed by atoms with Crippen molar-refractivity contribution in [3.8, 4) is 0 Å². The Labute approximate surface area is 87.3 Å². The first-order valence-corrected chi connectivity index (χ1v) is 5.31. The van der Waals surface area contributed by atoms with Gasteiger partial charge in [0, 0.05) is 0 Å². The Kier molecular flexibility index (Phi) is 27.4. The fourth-order valence-corrected chi connectivity index (χ4v) is 0. The zero-order valence-corrected chi connectivity index (χ0v) is 9.93. The quantitative estimate of drug-likeness (QED) is 0.477. The summed E-state index contributed by atoms with van der Waals surface area (Å²) >= 11 is -1.24. The standard InChI is InChI=1S/C4H9.CH2O.Na.H2O3S/c1-3-4-2;1-2;;1-4(2)3/h3H,4H2,1-2H3;1H2;;(H2,1,2,3). The minimum atomic E-state index is -2.61. The molecule has 1 unspecified atom stereocenters. The summed E-state index contributed by atoms with van der Waals surface area (Å²) in [5, 5.41) is 0. The van der Waals surface area contributed by atoms with E-state index in [1.165, 1.54) is 34.4 Å². The number of carbonyl (C=O) groups is 1. The molecule has 0 aromatic rings. The summed E-state index contributed by atoms with van der Waals surface area (Å²) in [5.74, 6) is 0. The van der Waals surface area contributed by atoms with Gasteiger partial charge in [0.05, 0.1) is 0 Å². The van der Waals surface area contributed by atoms with Gasteiger partial charge in [-0.1, -0.05) is 0 Å². The van der Waals surface area contributed by atoms with Crippen LogP contribution in [-0.2, 0) is 16.2 Å². The molecule has 0 rings (SSSR count). The van der Waals surface area contributed by atoms with Crippen LogP contribution in [0.25, 0.3) is 0 Å². The van der Waals surface area contributed by atoms with E-state index < -0.39 is 11.4 Å². The number of rotatable bonds is 1. The average molecular weight is 192 g/mol. The Morgan fingerprint density at radius 3 is 1.64 bits per heavy atom. The van der Waals surface area contributed by atoms with E-state index in [0.717, 1.165) is 3.17 Å². The van der Waals surface area contributed by atoms with Gasteiger partial charge in [0.15, 0.2) is 0 Å². The summed E-state index contributed by atoms with van der Waals surface area (Å²) in [5.41, 5.74) is 0. The topological polar surface area (TPSA) is 74.6 Å². The maximum atomic E-state index is 8.67. The van der Waals surface area contributed by atoms with Crippen LogP contribution in [0, 0.1) is 0 Å². The zero-order chi connectivity index (χ0) is 9.86. The van der Waals surface area contributed by atoms with E-state index in [-0.39, 0.29) is 0 Å². The number of hydrogen-bond donors (Lipinski definition) is 2. The van der Waals surface area contributed by atoms with Gasteiger partial charge >= 0.3 is 51.4 Å². The van der Waals surface area contributed by atoms with E-state index in [1.807, 2.05) is 6.79 Å². The van der Waals surface area contributed by atoms with E-state index >= 15 is 0 Å². The predicted octanol–water partition coefficient (Wildman–Crippen LogP) is 0.870. The van der Waals surface area contributed by atoms with Crippen molar-refractivity contribution in [3.63, 3.8) is 0 Å². The Morgan fingerprint density at radius 1 is 1.55 bits per heavy atom. The van der Waals surface area contributed by atoms with Crippen molar-refractivity contribution in [2.45, 2.75) is 23.4 Å². The molecule has 6 heteroatoms. The molecule has 0 aliphatic heterocycles. The molecule has 0 aliphatic rings. The van der Waals surface area contributed by atoms with Crippen molar-refractivity contribution in [2.24, 2.45) is 0 Å². The third-order valence-electron chi connectivity index (χ3n) is 0.816. The molecule has 0 heterocycles. The van der Waals surface area contributed by atoms with Gasteiger partial charge in [-0.3, -0.25) is 9.11 Å². The molecule has 0 bridgehead atoms. The van der Waals surface area contributed by atoms with Crippen molar-refractivity contribution in [1.29, 1.82) is 0 Å². The monoisotopic (exact) mass is 192 g/mol. The molecule has 1 atom stereocenters. The molecule has 0 fully saturated rings. The van der Waals surface area contributed by atoms with Crippen LogP contribution in [0.2, 0.25) is 3.17 Å². The fraction of sp³-hybridized carbons (Fsp3) is 0.800. The summed E-state index contributed by atoms with van der Waals surface area (Å²) in [4.78, 5) is 8.00. The average Bonchev–Trinajstić information content (AvgIpc) is 1.91. The van der Waals surface area contributed by atoms with Crippen LogP contribution in [0.5, 0.6) is 0 Å². The smallest absolute Gasteiger partial charge is 0.284 e. The molecule has 0 aromatic carbocycles. The van der Waals surface area contributed by atoms with Gasteiger partial charge in [0.2, 0.25) is 0 Å². The summed E-state index contributed by atoms with van der Waals surface area (Å²) in [6.07, 6.45) is 1.37. The van der Waals surface area contributed by atoms with Crippen molar-refractivity contribution >= 4 is 46.1 Å². The van der Waals surface area contributed by atoms with Crippen molar-refractivity contribution in [1.82, 2.24) is 0 Å². The molecule has 11 heavy (non-hydrogen) atoms. The largest absolute Gasteiger partial charge is 0.299 e. The molecule has 0 aromatic heterocycles. The van der Waals surface area contributed by atoms with E-state index in [4.69, 9.17) is 18.1 Å². The van der Waals surface area contributed by atoms with E-state index in [2.05, 4.69) is 13.8 Å².